The smallest absolute Gasteiger partial charge is 0.416 e. The molecule has 1 fully saturated rings. The highest BCUT2D eigenvalue weighted by Gasteiger charge is 2.32. The molecule has 2 rings (SSSR count). The first kappa shape index (κ1) is 16.1. The Hall–Kier alpha value is -0.950. The van der Waals surface area contributed by atoms with Crippen LogP contribution < -0.4 is 5.32 Å². The lowest BCUT2D eigenvalue weighted by Crippen LogP contribution is -2.35. The van der Waals surface area contributed by atoms with Crippen molar-refractivity contribution in [2.45, 2.75) is 18.6 Å². The highest BCUT2D eigenvalue weighted by atomic mass is 79.9. The van der Waals surface area contributed by atoms with E-state index in [2.05, 4.69) is 26.0 Å². The van der Waals surface area contributed by atoms with Crippen molar-refractivity contribution >= 4 is 34.4 Å². The molecule has 1 aromatic rings. The molecule has 0 saturated carbocycles. The van der Waals surface area contributed by atoms with E-state index >= 15 is 0 Å². The minimum absolute atomic E-state index is 0. The van der Waals surface area contributed by atoms with Crippen molar-refractivity contribution in [3.8, 4) is 0 Å². The van der Waals surface area contributed by atoms with Crippen LogP contribution in [0.1, 0.15) is 23.6 Å². The number of carbonyl (C=O) groups is 1. The highest BCUT2D eigenvalue weighted by Crippen LogP contribution is 2.34. The van der Waals surface area contributed by atoms with Gasteiger partial charge < -0.3 is 10.1 Å². The third-order valence-corrected chi connectivity index (χ3v) is 3.04. The molecule has 1 aliphatic heterocycles. The zero-order valence-electron chi connectivity index (χ0n) is 9.46. The molecule has 0 radical (unpaired) electrons. The van der Waals surface area contributed by atoms with Crippen LogP contribution >= 0.6 is 28.3 Å². The maximum absolute atomic E-state index is 12.7. The predicted molar refractivity (Wildman–Crippen MR) is 68.2 cm³/mol. The fraction of sp³-hybridized carbons (Fsp3) is 0.364. The summed E-state index contributed by atoms with van der Waals surface area (Å²) in [6.45, 7) is 0.199. The van der Waals surface area contributed by atoms with Gasteiger partial charge in [0.1, 0.15) is 0 Å². The summed E-state index contributed by atoms with van der Waals surface area (Å²) in [4.78, 5) is 11.0. The molecule has 3 nitrogen and oxygen atoms in total. The van der Waals surface area contributed by atoms with Gasteiger partial charge in [0.15, 0.2) is 0 Å². The summed E-state index contributed by atoms with van der Waals surface area (Å²) >= 11 is 3.04. The quantitative estimate of drug-likeness (QED) is 0.820. The van der Waals surface area contributed by atoms with E-state index in [-0.39, 0.29) is 19.0 Å². The Morgan fingerprint density at radius 1 is 1.32 bits per heavy atom. The zero-order chi connectivity index (χ0) is 13.3. The van der Waals surface area contributed by atoms with E-state index in [0.29, 0.717) is 16.5 Å². The molecular formula is C11H10BrClF3NO2. The second kappa shape index (κ2) is 6.00. The summed E-state index contributed by atoms with van der Waals surface area (Å²) in [5.74, 6) is 0. The molecule has 1 heterocycles. The number of hydrogen-bond acceptors (Lipinski definition) is 2. The van der Waals surface area contributed by atoms with Gasteiger partial charge in [-0.15, -0.1) is 12.4 Å². The largest absolute Gasteiger partial charge is 0.449 e. The van der Waals surface area contributed by atoms with Crippen molar-refractivity contribution in [1.29, 1.82) is 0 Å². The number of hydrogen-bond donors (Lipinski definition) is 1. The molecule has 0 spiro atoms. The van der Waals surface area contributed by atoms with Crippen molar-refractivity contribution in [1.82, 2.24) is 5.32 Å². The highest BCUT2D eigenvalue weighted by molar-refractivity contribution is 9.10. The Morgan fingerprint density at radius 2 is 2.00 bits per heavy atom. The van der Waals surface area contributed by atoms with Crippen LogP contribution in [-0.2, 0) is 10.9 Å². The molecule has 1 aromatic carbocycles. The third-order valence-electron chi connectivity index (χ3n) is 2.58. The molecule has 0 bridgehead atoms. The number of cyclic esters (lactones) is 1. The van der Waals surface area contributed by atoms with Crippen LogP contribution in [0.4, 0.5) is 18.0 Å². The average molecular weight is 361 g/mol. The number of alkyl carbamates (subject to hydrolysis) is 1. The monoisotopic (exact) mass is 359 g/mol. The fourth-order valence-corrected chi connectivity index (χ4v) is 2.26. The van der Waals surface area contributed by atoms with Crippen molar-refractivity contribution in [2.75, 3.05) is 6.61 Å². The molecule has 1 aliphatic rings. The van der Waals surface area contributed by atoms with E-state index in [1.54, 1.807) is 6.07 Å². The van der Waals surface area contributed by atoms with Gasteiger partial charge in [0.2, 0.25) is 0 Å². The first-order valence-electron chi connectivity index (χ1n) is 5.17. The van der Waals surface area contributed by atoms with E-state index in [1.165, 1.54) is 0 Å². The Labute approximate surface area is 122 Å². The van der Waals surface area contributed by atoms with Gasteiger partial charge in [-0.3, -0.25) is 0 Å². The van der Waals surface area contributed by atoms with E-state index in [0.717, 1.165) is 12.1 Å². The van der Waals surface area contributed by atoms with Crippen LogP contribution in [0.5, 0.6) is 0 Å². The maximum Gasteiger partial charge on any atom is 0.416 e. The molecule has 19 heavy (non-hydrogen) atoms. The number of benzene rings is 1. The van der Waals surface area contributed by atoms with Gasteiger partial charge in [-0.1, -0.05) is 15.9 Å². The van der Waals surface area contributed by atoms with Crippen molar-refractivity contribution in [2.24, 2.45) is 0 Å². The van der Waals surface area contributed by atoms with Gasteiger partial charge in [-0.25, -0.2) is 4.79 Å². The van der Waals surface area contributed by atoms with Gasteiger partial charge in [0, 0.05) is 10.9 Å². The van der Waals surface area contributed by atoms with Gasteiger partial charge in [-0.05, 0) is 23.8 Å². The molecule has 1 N–H and O–H groups in total. The normalized spacial score (nSPS) is 19.2. The number of ether oxygens (including phenoxy) is 1. The number of halogens is 5. The molecule has 0 aromatic heterocycles. The van der Waals surface area contributed by atoms with Gasteiger partial charge in [0.25, 0.3) is 0 Å². The standard InChI is InChI=1S/C11H9BrF3NO2.ClH/c12-8-4-6(3-7(5-8)11(13,14)15)9-1-2-18-10(17)16-9;/h3-5,9H,1-2H2,(H,16,17);1H/t9-;/m0./s1. The van der Waals surface area contributed by atoms with Gasteiger partial charge in [0.05, 0.1) is 18.2 Å². The molecule has 0 unspecified atom stereocenters. The molecule has 1 atom stereocenters. The number of rotatable bonds is 1. The lowest BCUT2D eigenvalue weighted by atomic mass is 10.0. The van der Waals surface area contributed by atoms with Gasteiger partial charge >= 0.3 is 12.3 Å². The second-order valence-electron chi connectivity index (χ2n) is 3.89. The summed E-state index contributed by atoms with van der Waals surface area (Å²) in [6.07, 6.45) is -4.58. The fourth-order valence-electron chi connectivity index (χ4n) is 1.75. The van der Waals surface area contributed by atoms with Crippen LogP contribution in [0, 0.1) is 0 Å². The Balaban J connectivity index is 0.00000180. The minimum atomic E-state index is -4.41. The number of amides is 1. The van der Waals surface area contributed by atoms with Crippen LogP contribution in [-0.4, -0.2) is 12.7 Å². The summed E-state index contributed by atoms with van der Waals surface area (Å²) in [6, 6.07) is 3.15. The molecule has 1 amide bonds. The summed E-state index contributed by atoms with van der Waals surface area (Å²) < 4.78 is 43.0. The van der Waals surface area contributed by atoms with Crippen LogP contribution in [0.25, 0.3) is 0 Å². The van der Waals surface area contributed by atoms with E-state index in [4.69, 9.17) is 0 Å². The average Bonchev–Trinajstić information content (AvgIpc) is 2.27. The van der Waals surface area contributed by atoms with E-state index in [1.807, 2.05) is 0 Å². The van der Waals surface area contributed by atoms with Crippen LogP contribution in [0.15, 0.2) is 22.7 Å². The summed E-state index contributed by atoms with van der Waals surface area (Å²) in [5.41, 5.74) is -0.332. The predicted octanol–water partition coefficient (Wildman–Crippen LogP) is 4.06. The summed E-state index contributed by atoms with van der Waals surface area (Å²) in [7, 11) is 0. The molecule has 1 saturated heterocycles. The Bertz CT molecular complexity index is 481. The van der Waals surface area contributed by atoms with Crippen LogP contribution in [0.3, 0.4) is 0 Å². The third kappa shape index (κ3) is 4.01. The lowest BCUT2D eigenvalue weighted by molar-refractivity contribution is -0.137. The van der Waals surface area contributed by atoms with E-state index < -0.39 is 23.9 Å². The SMILES string of the molecule is Cl.O=C1N[C@H](c2cc(Br)cc(C(F)(F)F)c2)CCO1. The van der Waals surface area contributed by atoms with Crippen LogP contribution in [0.2, 0.25) is 0 Å². The number of nitrogens with one attached hydrogen (secondary N) is 1. The second-order valence-corrected chi connectivity index (χ2v) is 4.81. The summed E-state index contributed by atoms with van der Waals surface area (Å²) in [5, 5.41) is 2.49. The Kier molecular flexibility index (Phi) is 5.09. The molecule has 106 valence electrons. The van der Waals surface area contributed by atoms with Crippen molar-refractivity contribution in [3.63, 3.8) is 0 Å². The number of alkyl halides is 3. The van der Waals surface area contributed by atoms with Crippen molar-refractivity contribution in [3.05, 3.63) is 33.8 Å². The molecule has 8 heteroatoms. The van der Waals surface area contributed by atoms with E-state index in [9.17, 15) is 18.0 Å². The van der Waals surface area contributed by atoms with Gasteiger partial charge in [-0.2, -0.15) is 13.2 Å². The minimum Gasteiger partial charge on any atom is -0.449 e. The first-order valence-corrected chi connectivity index (χ1v) is 5.96. The molecular weight excluding hydrogens is 350 g/mol. The Morgan fingerprint density at radius 3 is 2.58 bits per heavy atom. The topological polar surface area (TPSA) is 38.3 Å². The molecule has 0 aliphatic carbocycles. The maximum atomic E-state index is 12.7. The lowest BCUT2D eigenvalue weighted by Gasteiger charge is -2.24. The van der Waals surface area contributed by atoms with Crippen molar-refractivity contribution < 1.29 is 22.7 Å². The zero-order valence-corrected chi connectivity index (χ0v) is 11.9. The number of carbonyl (C=O) groups excluding carboxylic acids is 1. The first-order chi connectivity index (χ1) is 8.36.